The molecule has 5 heteroatoms. The topological polar surface area (TPSA) is 53.1 Å². The summed E-state index contributed by atoms with van der Waals surface area (Å²) < 4.78 is 0. The number of aromatic nitrogens is 2. The maximum atomic E-state index is 4.79. The fourth-order valence-electron chi connectivity index (χ4n) is 4.17. The highest BCUT2D eigenvalue weighted by Crippen LogP contribution is 2.26. The van der Waals surface area contributed by atoms with Gasteiger partial charge in [0.2, 0.25) is 5.95 Å². The van der Waals surface area contributed by atoms with Crippen molar-refractivity contribution in [3.05, 3.63) is 59.7 Å². The molecule has 1 aliphatic rings. The first kappa shape index (κ1) is 19.6. The summed E-state index contributed by atoms with van der Waals surface area (Å²) in [7, 11) is 4.06. The third-order valence-electron chi connectivity index (χ3n) is 5.74. The standard InChI is InChI=1S/C24H31N5/c1-17-7-6-8-18(15-17)16-25-19-11-13-20(14-12-19)26-24-27-22-10-5-4-9-21(22)23(28-24)29(2)3/h4-10,15,19-20,25H,11-14,16H2,1-3H3,(H,26,27,28). The lowest BCUT2D eigenvalue weighted by atomic mass is 9.91. The van der Waals surface area contributed by atoms with E-state index < -0.39 is 0 Å². The van der Waals surface area contributed by atoms with E-state index >= 15 is 0 Å². The van der Waals surface area contributed by atoms with E-state index in [9.17, 15) is 0 Å². The Morgan fingerprint density at radius 1 is 0.931 bits per heavy atom. The number of nitrogens with one attached hydrogen (secondary N) is 2. The molecule has 29 heavy (non-hydrogen) atoms. The van der Waals surface area contributed by atoms with E-state index in [1.807, 2.05) is 26.2 Å². The van der Waals surface area contributed by atoms with Gasteiger partial charge < -0.3 is 15.5 Å². The first-order chi connectivity index (χ1) is 14.1. The van der Waals surface area contributed by atoms with Crippen LogP contribution < -0.4 is 15.5 Å². The molecule has 0 aliphatic heterocycles. The summed E-state index contributed by atoms with van der Waals surface area (Å²) in [5.74, 6) is 1.70. The Hall–Kier alpha value is -2.66. The predicted molar refractivity (Wildman–Crippen MR) is 122 cm³/mol. The number of hydrogen-bond donors (Lipinski definition) is 2. The fourth-order valence-corrected chi connectivity index (χ4v) is 4.17. The van der Waals surface area contributed by atoms with E-state index in [4.69, 9.17) is 9.97 Å². The van der Waals surface area contributed by atoms with E-state index in [1.54, 1.807) is 0 Å². The average Bonchev–Trinajstić information content (AvgIpc) is 2.72. The minimum atomic E-state index is 0.434. The van der Waals surface area contributed by atoms with Gasteiger partial charge in [-0.2, -0.15) is 4.98 Å². The molecule has 152 valence electrons. The molecule has 1 saturated carbocycles. The van der Waals surface area contributed by atoms with E-state index in [1.165, 1.54) is 24.0 Å². The smallest absolute Gasteiger partial charge is 0.225 e. The van der Waals surface area contributed by atoms with Gasteiger partial charge >= 0.3 is 0 Å². The van der Waals surface area contributed by atoms with E-state index in [-0.39, 0.29) is 0 Å². The Balaban J connectivity index is 1.35. The second-order valence-corrected chi connectivity index (χ2v) is 8.35. The number of hydrogen-bond acceptors (Lipinski definition) is 5. The minimum Gasteiger partial charge on any atom is -0.362 e. The van der Waals surface area contributed by atoms with Crippen LogP contribution in [0.15, 0.2) is 48.5 Å². The van der Waals surface area contributed by atoms with Crippen LogP contribution in [0.25, 0.3) is 10.9 Å². The van der Waals surface area contributed by atoms with Crippen molar-refractivity contribution in [2.45, 2.75) is 51.2 Å². The van der Waals surface area contributed by atoms with Crippen LogP contribution in [0.3, 0.4) is 0 Å². The van der Waals surface area contributed by atoms with Gasteiger partial charge in [0.25, 0.3) is 0 Å². The van der Waals surface area contributed by atoms with E-state index in [2.05, 4.69) is 58.9 Å². The molecule has 4 rings (SSSR count). The van der Waals surface area contributed by atoms with Crippen molar-refractivity contribution < 1.29 is 0 Å². The van der Waals surface area contributed by atoms with Gasteiger partial charge in [0.15, 0.2) is 0 Å². The number of para-hydroxylation sites is 1. The second-order valence-electron chi connectivity index (χ2n) is 8.35. The zero-order valence-corrected chi connectivity index (χ0v) is 17.7. The molecule has 1 aliphatic carbocycles. The number of nitrogens with zero attached hydrogens (tertiary/aromatic N) is 3. The molecule has 0 bridgehead atoms. The van der Waals surface area contributed by atoms with Gasteiger partial charge in [-0.3, -0.25) is 0 Å². The third kappa shape index (κ3) is 4.85. The molecule has 5 nitrogen and oxygen atoms in total. The van der Waals surface area contributed by atoms with Crippen LogP contribution in [0.1, 0.15) is 36.8 Å². The molecular weight excluding hydrogens is 358 g/mol. The summed E-state index contributed by atoms with van der Waals surface area (Å²) in [6.45, 7) is 3.10. The number of rotatable bonds is 6. The maximum Gasteiger partial charge on any atom is 0.225 e. The Kier molecular flexibility index (Phi) is 5.95. The summed E-state index contributed by atoms with van der Waals surface area (Å²) >= 11 is 0. The zero-order chi connectivity index (χ0) is 20.2. The molecule has 2 N–H and O–H groups in total. The molecule has 0 radical (unpaired) electrons. The van der Waals surface area contributed by atoms with E-state index in [0.29, 0.717) is 12.1 Å². The molecule has 2 aromatic carbocycles. The highest BCUT2D eigenvalue weighted by atomic mass is 15.2. The van der Waals surface area contributed by atoms with Gasteiger partial charge in [0.05, 0.1) is 5.52 Å². The predicted octanol–water partition coefficient (Wildman–Crippen LogP) is 4.52. The summed E-state index contributed by atoms with van der Waals surface area (Å²) in [6, 6.07) is 18.0. The maximum absolute atomic E-state index is 4.79. The van der Waals surface area contributed by atoms with E-state index in [0.717, 1.165) is 42.1 Å². The molecule has 3 aromatic rings. The Bertz CT molecular complexity index is 960. The Morgan fingerprint density at radius 3 is 2.45 bits per heavy atom. The monoisotopic (exact) mass is 389 g/mol. The first-order valence-corrected chi connectivity index (χ1v) is 10.6. The van der Waals surface area contributed by atoms with Crippen LogP contribution in [0.2, 0.25) is 0 Å². The van der Waals surface area contributed by atoms with Gasteiger partial charge in [-0.15, -0.1) is 0 Å². The van der Waals surface area contributed by atoms with Crippen LogP contribution in [-0.2, 0) is 6.54 Å². The van der Waals surface area contributed by atoms with Crippen LogP contribution in [0, 0.1) is 6.92 Å². The summed E-state index contributed by atoms with van der Waals surface area (Å²) in [6.07, 6.45) is 4.63. The minimum absolute atomic E-state index is 0.434. The lowest BCUT2D eigenvalue weighted by molar-refractivity contribution is 0.352. The molecular formula is C24H31N5. The normalized spacial score (nSPS) is 19.3. The highest BCUT2D eigenvalue weighted by Gasteiger charge is 2.22. The molecule has 1 heterocycles. The fraction of sp³-hybridized carbons (Fsp3) is 0.417. The highest BCUT2D eigenvalue weighted by molar-refractivity contribution is 5.90. The van der Waals surface area contributed by atoms with Gasteiger partial charge in [0, 0.05) is 38.1 Å². The number of anilines is 2. The van der Waals surface area contributed by atoms with Crippen molar-refractivity contribution in [3.63, 3.8) is 0 Å². The molecule has 0 unspecified atom stereocenters. The largest absolute Gasteiger partial charge is 0.362 e. The zero-order valence-electron chi connectivity index (χ0n) is 17.7. The number of benzene rings is 2. The Morgan fingerprint density at radius 2 is 1.69 bits per heavy atom. The lowest BCUT2D eigenvalue weighted by Gasteiger charge is -2.30. The first-order valence-electron chi connectivity index (χ1n) is 10.6. The number of fused-ring (bicyclic) bond motifs is 1. The summed E-state index contributed by atoms with van der Waals surface area (Å²) in [5.41, 5.74) is 3.68. The van der Waals surface area contributed by atoms with Crippen LogP contribution >= 0.6 is 0 Å². The van der Waals surface area contributed by atoms with Crippen LogP contribution in [0.4, 0.5) is 11.8 Å². The molecule has 0 spiro atoms. The van der Waals surface area contributed by atoms with Crippen molar-refractivity contribution in [1.29, 1.82) is 0 Å². The van der Waals surface area contributed by atoms with Crippen molar-refractivity contribution in [2.75, 3.05) is 24.3 Å². The molecule has 1 aromatic heterocycles. The van der Waals surface area contributed by atoms with Gasteiger partial charge in [-0.05, 0) is 50.3 Å². The van der Waals surface area contributed by atoms with Crippen LogP contribution in [0.5, 0.6) is 0 Å². The molecule has 0 saturated heterocycles. The Labute approximate surface area is 173 Å². The van der Waals surface area contributed by atoms with Gasteiger partial charge in [-0.25, -0.2) is 4.98 Å². The SMILES string of the molecule is Cc1cccc(CNC2CCC(Nc3nc(N(C)C)c4ccccc4n3)CC2)c1. The van der Waals surface area contributed by atoms with Crippen LogP contribution in [-0.4, -0.2) is 36.1 Å². The van der Waals surface area contributed by atoms with Crippen molar-refractivity contribution >= 4 is 22.7 Å². The average molecular weight is 390 g/mol. The van der Waals surface area contributed by atoms with Gasteiger partial charge in [-0.1, -0.05) is 42.0 Å². The van der Waals surface area contributed by atoms with Crippen molar-refractivity contribution in [1.82, 2.24) is 15.3 Å². The van der Waals surface area contributed by atoms with Crippen molar-refractivity contribution in [2.24, 2.45) is 0 Å². The third-order valence-corrected chi connectivity index (χ3v) is 5.74. The quantitative estimate of drug-likeness (QED) is 0.649. The molecule has 1 fully saturated rings. The molecule has 0 amide bonds. The lowest BCUT2D eigenvalue weighted by Crippen LogP contribution is -2.37. The second kappa shape index (κ2) is 8.78. The molecule has 0 atom stereocenters. The van der Waals surface area contributed by atoms with Gasteiger partial charge in [0.1, 0.15) is 5.82 Å². The van der Waals surface area contributed by atoms with Crippen molar-refractivity contribution in [3.8, 4) is 0 Å². The summed E-state index contributed by atoms with van der Waals surface area (Å²) in [5, 5.41) is 8.42. The summed E-state index contributed by atoms with van der Waals surface area (Å²) in [4.78, 5) is 11.6. The number of aryl methyl sites for hydroxylation is 1.